The van der Waals surface area contributed by atoms with Crippen LogP contribution in [0.15, 0.2) is 36.7 Å². The number of carbonyl (C=O) groups is 1. The van der Waals surface area contributed by atoms with E-state index < -0.39 is 28.5 Å². The van der Waals surface area contributed by atoms with Crippen molar-refractivity contribution in [1.82, 2.24) is 9.55 Å². The molecule has 1 heterocycles. The van der Waals surface area contributed by atoms with Crippen LogP contribution in [0.1, 0.15) is 25.5 Å². The Morgan fingerprint density at radius 1 is 1.21 bits per heavy atom. The molecule has 0 saturated carbocycles. The maximum Gasteiger partial charge on any atom is 0.271 e. The van der Waals surface area contributed by atoms with Gasteiger partial charge >= 0.3 is 0 Å². The van der Waals surface area contributed by atoms with Gasteiger partial charge in [-0.25, -0.2) is 13.8 Å². The van der Waals surface area contributed by atoms with Crippen LogP contribution in [0.5, 0.6) is 0 Å². The summed E-state index contributed by atoms with van der Waals surface area (Å²) in [4.78, 5) is 27.5. The van der Waals surface area contributed by atoms with E-state index in [1.165, 1.54) is 23.0 Å². The average molecular weight is 388 g/mol. The number of nitrogens with zero attached hydrogens (tertiary/aromatic N) is 3. The van der Waals surface area contributed by atoms with E-state index in [0.717, 1.165) is 12.1 Å². The molecule has 0 fully saturated rings. The normalized spacial score (nSPS) is 12.4. The predicted molar refractivity (Wildman–Crippen MR) is 100.0 cm³/mol. The fraction of sp³-hybridized carbons (Fsp3) is 0.263. The van der Waals surface area contributed by atoms with Crippen LogP contribution in [0.25, 0.3) is 11.0 Å². The van der Waals surface area contributed by atoms with Crippen LogP contribution in [0.3, 0.4) is 0 Å². The molecule has 3 aromatic rings. The molecule has 28 heavy (non-hydrogen) atoms. The van der Waals surface area contributed by atoms with E-state index in [1.54, 1.807) is 26.8 Å². The summed E-state index contributed by atoms with van der Waals surface area (Å²) < 4.78 is 28.6. The summed E-state index contributed by atoms with van der Waals surface area (Å²) in [6.45, 7) is 5.32. The Morgan fingerprint density at radius 3 is 2.54 bits per heavy atom. The number of fused-ring (bicyclic) bond motifs is 1. The van der Waals surface area contributed by atoms with Gasteiger partial charge in [0.05, 0.1) is 28.0 Å². The minimum atomic E-state index is -1.04. The Labute approximate surface area is 159 Å². The number of anilines is 1. The molecule has 1 atom stereocenters. The van der Waals surface area contributed by atoms with Crippen LogP contribution in [0, 0.1) is 34.6 Å². The van der Waals surface area contributed by atoms with Crippen LogP contribution < -0.4 is 5.32 Å². The average Bonchev–Trinajstić information content (AvgIpc) is 2.99. The second kappa shape index (κ2) is 7.34. The highest BCUT2D eigenvalue weighted by Gasteiger charge is 2.27. The molecule has 146 valence electrons. The van der Waals surface area contributed by atoms with Crippen molar-refractivity contribution in [2.24, 2.45) is 5.92 Å². The minimum Gasteiger partial charge on any atom is -0.324 e. The summed E-state index contributed by atoms with van der Waals surface area (Å²) in [6, 6.07) is 5.37. The Morgan fingerprint density at radius 2 is 1.89 bits per heavy atom. The number of nitrogens with one attached hydrogen (secondary N) is 1. The second-order valence-corrected chi connectivity index (χ2v) is 6.84. The Bertz CT molecular complexity index is 1080. The minimum absolute atomic E-state index is 0.146. The van der Waals surface area contributed by atoms with E-state index in [2.05, 4.69) is 10.3 Å². The lowest BCUT2D eigenvalue weighted by molar-refractivity contribution is -0.384. The molecule has 1 amide bonds. The fourth-order valence-electron chi connectivity index (χ4n) is 3.06. The number of non-ortho nitro benzene ring substituents is 1. The van der Waals surface area contributed by atoms with Gasteiger partial charge in [0.25, 0.3) is 5.69 Å². The van der Waals surface area contributed by atoms with Gasteiger partial charge in [-0.05, 0) is 18.4 Å². The van der Waals surface area contributed by atoms with Crippen LogP contribution in [0.4, 0.5) is 20.2 Å². The zero-order valence-electron chi connectivity index (χ0n) is 15.4. The third kappa shape index (κ3) is 3.55. The molecule has 1 aromatic heterocycles. The molecule has 0 aliphatic heterocycles. The molecule has 9 heteroatoms. The molecular formula is C19H18F2N4O3. The standard InChI is InChI=1S/C19H18F2N4O3/c1-10(2)18(24-9-22-16-7-13(20)14(21)8-17(16)24)19(26)23-15-6-12(25(27)28)5-4-11(15)3/h4-10,18H,1-3H3,(H,23,26)/t18-/m1/s1. The quantitative estimate of drug-likeness (QED) is 0.519. The number of halogens is 2. The van der Waals surface area contributed by atoms with E-state index in [0.29, 0.717) is 11.3 Å². The molecule has 0 radical (unpaired) electrons. The zero-order valence-corrected chi connectivity index (χ0v) is 15.4. The van der Waals surface area contributed by atoms with Crippen molar-refractivity contribution < 1.29 is 18.5 Å². The summed E-state index contributed by atoms with van der Waals surface area (Å²) >= 11 is 0. The Kier molecular flexibility index (Phi) is 5.08. The van der Waals surface area contributed by atoms with E-state index >= 15 is 0 Å². The first-order valence-electron chi connectivity index (χ1n) is 8.56. The third-order valence-electron chi connectivity index (χ3n) is 4.51. The second-order valence-electron chi connectivity index (χ2n) is 6.84. The summed E-state index contributed by atoms with van der Waals surface area (Å²) in [5.74, 6) is -2.71. The topological polar surface area (TPSA) is 90.1 Å². The first-order valence-corrected chi connectivity index (χ1v) is 8.56. The van der Waals surface area contributed by atoms with Gasteiger partial charge in [-0.1, -0.05) is 19.9 Å². The number of amides is 1. The summed E-state index contributed by atoms with van der Waals surface area (Å²) in [6.07, 6.45) is 1.36. The molecular weight excluding hydrogens is 370 g/mol. The number of hydrogen-bond acceptors (Lipinski definition) is 4. The van der Waals surface area contributed by atoms with E-state index in [1.807, 2.05) is 0 Å². The molecule has 0 spiro atoms. The number of imidazole rings is 1. The highest BCUT2D eigenvalue weighted by atomic mass is 19.2. The first-order chi connectivity index (χ1) is 13.2. The van der Waals surface area contributed by atoms with Crippen molar-refractivity contribution in [2.45, 2.75) is 26.8 Å². The number of nitro benzene ring substituents is 1. The molecule has 2 aromatic carbocycles. The lowest BCUT2D eigenvalue weighted by Crippen LogP contribution is -2.30. The van der Waals surface area contributed by atoms with Crippen molar-refractivity contribution in [3.05, 3.63) is 64.0 Å². The van der Waals surface area contributed by atoms with Gasteiger partial charge in [0.2, 0.25) is 5.91 Å². The van der Waals surface area contributed by atoms with Crippen LogP contribution in [-0.4, -0.2) is 20.4 Å². The van der Waals surface area contributed by atoms with Crippen LogP contribution >= 0.6 is 0 Å². The molecule has 1 N–H and O–H groups in total. The molecule has 3 rings (SSSR count). The van der Waals surface area contributed by atoms with Crippen molar-refractivity contribution in [3.8, 4) is 0 Å². The van der Waals surface area contributed by atoms with Crippen molar-refractivity contribution in [2.75, 3.05) is 5.32 Å². The molecule has 0 bridgehead atoms. The monoisotopic (exact) mass is 388 g/mol. The van der Waals surface area contributed by atoms with Gasteiger partial charge in [-0.3, -0.25) is 14.9 Å². The van der Waals surface area contributed by atoms with Gasteiger partial charge in [0, 0.05) is 24.3 Å². The fourth-order valence-corrected chi connectivity index (χ4v) is 3.06. The highest BCUT2D eigenvalue weighted by Crippen LogP contribution is 2.28. The number of carbonyl (C=O) groups excluding carboxylic acids is 1. The van der Waals surface area contributed by atoms with Crippen molar-refractivity contribution in [1.29, 1.82) is 0 Å². The van der Waals surface area contributed by atoms with Crippen LogP contribution in [0.2, 0.25) is 0 Å². The molecule has 7 nitrogen and oxygen atoms in total. The smallest absolute Gasteiger partial charge is 0.271 e. The van der Waals surface area contributed by atoms with Crippen LogP contribution in [-0.2, 0) is 4.79 Å². The molecule has 0 aliphatic rings. The maximum atomic E-state index is 13.7. The Hall–Kier alpha value is -3.36. The van der Waals surface area contributed by atoms with E-state index in [9.17, 15) is 23.7 Å². The number of aromatic nitrogens is 2. The molecule has 0 aliphatic carbocycles. The molecule has 0 saturated heterocycles. The zero-order chi connectivity index (χ0) is 20.6. The maximum absolute atomic E-state index is 13.7. The largest absolute Gasteiger partial charge is 0.324 e. The van der Waals surface area contributed by atoms with Gasteiger partial charge in [0.15, 0.2) is 11.6 Å². The predicted octanol–water partition coefficient (Wildman–Crippen LogP) is 4.37. The molecule has 0 unspecified atom stereocenters. The van der Waals surface area contributed by atoms with E-state index in [-0.39, 0.29) is 22.6 Å². The van der Waals surface area contributed by atoms with Crippen molar-refractivity contribution >= 4 is 28.3 Å². The number of hydrogen-bond donors (Lipinski definition) is 1. The SMILES string of the molecule is Cc1ccc([N+](=O)[O-])cc1NC(=O)[C@@H](C(C)C)n1cnc2cc(F)c(F)cc21. The lowest BCUT2D eigenvalue weighted by Gasteiger charge is -2.23. The van der Waals surface area contributed by atoms with Gasteiger partial charge < -0.3 is 9.88 Å². The van der Waals surface area contributed by atoms with Gasteiger partial charge in [-0.15, -0.1) is 0 Å². The number of nitro groups is 1. The first kappa shape index (κ1) is 19.4. The summed E-state index contributed by atoms with van der Waals surface area (Å²) in [7, 11) is 0. The number of rotatable bonds is 5. The highest BCUT2D eigenvalue weighted by molar-refractivity contribution is 5.96. The van der Waals surface area contributed by atoms with E-state index in [4.69, 9.17) is 0 Å². The third-order valence-corrected chi connectivity index (χ3v) is 4.51. The number of benzene rings is 2. The van der Waals surface area contributed by atoms with Crippen molar-refractivity contribution in [3.63, 3.8) is 0 Å². The summed E-state index contributed by atoms with van der Waals surface area (Å²) in [5, 5.41) is 13.7. The van der Waals surface area contributed by atoms with Gasteiger partial charge in [0.1, 0.15) is 6.04 Å². The lowest BCUT2D eigenvalue weighted by atomic mass is 10.0. The van der Waals surface area contributed by atoms with Gasteiger partial charge in [-0.2, -0.15) is 0 Å². The Balaban J connectivity index is 2.00. The summed E-state index contributed by atoms with van der Waals surface area (Å²) in [5.41, 5.74) is 1.33. The number of aryl methyl sites for hydroxylation is 1.